The van der Waals surface area contributed by atoms with E-state index < -0.39 is 39.7 Å². The Balaban J connectivity index is 1.07. The first-order valence-corrected chi connectivity index (χ1v) is 24.3. The lowest BCUT2D eigenvalue weighted by molar-refractivity contribution is -0.175. The second-order valence-electron chi connectivity index (χ2n) is 21.0. The number of thiophene rings is 1. The van der Waals surface area contributed by atoms with Gasteiger partial charge in [-0.3, -0.25) is 4.79 Å². The predicted molar refractivity (Wildman–Crippen MR) is 238 cm³/mol. The van der Waals surface area contributed by atoms with Gasteiger partial charge >= 0.3 is 12.3 Å². The number of alkyl halides is 3. The van der Waals surface area contributed by atoms with Crippen LogP contribution in [0.1, 0.15) is 120 Å². The van der Waals surface area contributed by atoms with Gasteiger partial charge in [-0.05, 0) is 141 Å². The number of ether oxygens (including phenoxy) is 1. The number of rotatable bonds is 10. The maximum Gasteiger partial charge on any atom is 0.416 e. The Hall–Kier alpha value is -3.38. The van der Waals surface area contributed by atoms with Crippen molar-refractivity contribution in [1.82, 2.24) is 4.90 Å². The highest BCUT2D eigenvalue weighted by Crippen LogP contribution is 2.78. The first-order valence-electron chi connectivity index (χ1n) is 23.1. The number of Topliss-reactive ketones (excluding diaryl/α,β-unsaturated/α-hetero) is 1. The van der Waals surface area contributed by atoms with Crippen LogP contribution in [0.4, 0.5) is 18.0 Å². The van der Waals surface area contributed by atoms with Crippen molar-refractivity contribution in [1.29, 1.82) is 0 Å². The van der Waals surface area contributed by atoms with Gasteiger partial charge in [0, 0.05) is 38.8 Å². The van der Waals surface area contributed by atoms with Crippen LogP contribution in [0.25, 0.3) is 11.3 Å². The average molecular weight is 909 g/mol. The Bertz CT molecular complexity index is 2310. The minimum atomic E-state index is -4.60. The SMILES string of the molecule is CC(C)[C@H]1CC[C@H](C)C[C@@H]1OC(=O)N(CCc1cccs1)C[C@]1(O)CC[C@H]2[C@]34C=C[C@@]5(C=C3C(=O)c3ccc(-c6cc(C(F)(F)F)ccc6Cl)o3)CC(O)CC[C@]5(C)[C@H]4CC[C@@]21C. The number of benzene rings is 1. The molecule has 2 spiro atoms. The number of carbonyl (C=O) groups excluding carboxylic acids is 2. The molecule has 2 heterocycles. The second kappa shape index (κ2) is 15.9. The third-order valence-corrected chi connectivity index (χ3v) is 18.7. The van der Waals surface area contributed by atoms with Gasteiger partial charge in [0.05, 0.1) is 28.8 Å². The summed E-state index contributed by atoms with van der Waals surface area (Å²) in [6.45, 7) is 11.6. The van der Waals surface area contributed by atoms with Gasteiger partial charge in [-0.2, -0.15) is 13.2 Å². The van der Waals surface area contributed by atoms with E-state index in [0.717, 1.165) is 49.1 Å². The summed E-state index contributed by atoms with van der Waals surface area (Å²) >= 11 is 8.07. The molecule has 4 saturated carbocycles. The number of fused-ring (bicyclic) bond motifs is 1. The molecular weight excluding hydrogens is 847 g/mol. The van der Waals surface area contributed by atoms with E-state index in [1.165, 1.54) is 18.2 Å². The number of aliphatic hydroxyl groups is 2. The molecule has 12 heteroatoms. The number of amides is 1. The van der Waals surface area contributed by atoms with E-state index in [-0.39, 0.29) is 69.8 Å². The van der Waals surface area contributed by atoms with E-state index in [4.69, 9.17) is 20.8 Å². The maximum absolute atomic E-state index is 15.3. The Morgan fingerprint density at radius 2 is 1.75 bits per heavy atom. The van der Waals surface area contributed by atoms with Crippen molar-refractivity contribution in [2.75, 3.05) is 13.1 Å². The third-order valence-electron chi connectivity index (χ3n) is 17.5. The van der Waals surface area contributed by atoms with E-state index >= 15 is 4.79 Å². The van der Waals surface area contributed by atoms with Crippen molar-refractivity contribution < 1.29 is 42.1 Å². The van der Waals surface area contributed by atoms with Crippen LogP contribution in [0.2, 0.25) is 5.02 Å². The summed E-state index contributed by atoms with van der Waals surface area (Å²) in [5, 5.41) is 26.6. The molecule has 2 N–H and O–H groups in total. The fourth-order valence-electron chi connectivity index (χ4n) is 13.9. The molecule has 0 saturated heterocycles. The zero-order valence-electron chi connectivity index (χ0n) is 37.0. The molecule has 7 aliphatic rings. The summed E-state index contributed by atoms with van der Waals surface area (Å²) in [6.07, 6.45) is 8.70. The van der Waals surface area contributed by atoms with Crippen LogP contribution in [-0.2, 0) is 17.3 Å². The zero-order valence-corrected chi connectivity index (χ0v) is 38.6. The largest absolute Gasteiger partial charge is 0.453 e. The predicted octanol–water partition coefficient (Wildman–Crippen LogP) is 12.6. The molecule has 340 valence electrons. The number of halogens is 4. The molecule has 2 aromatic heterocycles. The van der Waals surface area contributed by atoms with Crippen molar-refractivity contribution in [2.45, 2.75) is 129 Å². The van der Waals surface area contributed by atoms with Crippen LogP contribution in [0, 0.1) is 51.2 Å². The van der Waals surface area contributed by atoms with Crippen molar-refractivity contribution in [3.05, 3.63) is 92.9 Å². The quantitative estimate of drug-likeness (QED) is 0.155. The number of hydrogen-bond donors (Lipinski definition) is 2. The molecule has 1 aromatic carbocycles. The van der Waals surface area contributed by atoms with Gasteiger partial charge in [0.15, 0.2) is 5.76 Å². The first kappa shape index (κ1) is 44.8. The lowest BCUT2D eigenvalue weighted by Crippen LogP contribution is -2.67. The molecule has 1 unspecified atom stereocenters. The number of hydrogen-bond acceptors (Lipinski definition) is 7. The highest BCUT2D eigenvalue weighted by Gasteiger charge is 2.74. The summed E-state index contributed by atoms with van der Waals surface area (Å²) in [5.74, 6) is 0.575. The summed E-state index contributed by atoms with van der Waals surface area (Å²) in [4.78, 5) is 32.7. The fourth-order valence-corrected chi connectivity index (χ4v) is 14.8. The maximum atomic E-state index is 15.3. The van der Waals surface area contributed by atoms with Crippen LogP contribution in [0.5, 0.6) is 0 Å². The molecule has 11 atom stereocenters. The summed E-state index contributed by atoms with van der Waals surface area (Å²) in [5.41, 5.74) is -4.03. The number of ketones is 1. The van der Waals surface area contributed by atoms with Crippen molar-refractivity contribution in [3.63, 3.8) is 0 Å². The molecule has 7 nitrogen and oxygen atoms in total. The summed E-state index contributed by atoms with van der Waals surface area (Å²) in [6, 6.07) is 10.1. The number of furan rings is 1. The highest BCUT2D eigenvalue weighted by molar-refractivity contribution is 7.09. The van der Waals surface area contributed by atoms with E-state index in [0.29, 0.717) is 62.5 Å². The van der Waals surface area contributed by atoms with Gasteiger partial charge in [0.25, 0.3) is 0 Å². The molecule has 2 bridgehead atoms. The minimum absolute atomic E-state index is 0.000346. The first-order chi connectivity index (χ1) is 29.7. The van der Waals surface area contributed by atoms with Crippen LogP contribution >= 0.6 is 22.9 Å². The molecule has 0 aliphatic heterocycles. The Kier molecular flexibility index (Phi) is 11.3. The number of nitrogens with zero attached hydrogens (tertiary/aromatic N) is 1. The standard InChI is InChI=1S/C51H61ClF3NO6S/c1-30(2)35-10-8-31(3)25-41(35)62-45(59)56(23-17-34-7-6-24-63-34)29-49(60)20-16-43-47(49,5)19-15-42-46(4)18-14-33(57)27-48(46)21-22-50(42,43)37(28-48)44(58)40-13-12-39(61-40)36-26-32(51(53,54)55)9-11-38(36)52/h6-7,9,11-13,21-22,24,26,28,30-31,33,35,41-43,57,60H,8,10,14-20,23,25,27,29H2,1-5H3/t31-,33?,35+,41-,42+,43+,46+,47-,48-,49+,50+/m0/s1. The molecule has 3 aromatic rings. The minimum Gasteiger partial charge on any atom is -0.453 e. The van der Waals surface area contributed by atoms with E-state index in [9.17, 15) is 28.2 Å². The normalized spacial score (nSPS) is 37.0. The van der Waals surface area contributed by atoms with Gasteiger partial charge in [0.2, 0.25) is 5.78 Å². The summed E-state index contributed by atoms with van der Waals surface area (Å²) < 4.78 is 54.0. The molecule has 10 rings (SSSR count). The second-order valence-corrected chi connectivity index (χ2v) is 22.4. The monoisotopic (exact) mass is 907 g/mol. The Labute approximate surface area is 378 Å². The smallest absolute Gasteiger partial charge is 0.416 e. The van der Waals surface area contributed by atoms with Crippen molar-refractivity contribution in [2.24, 2.45) is 51.2 Å². The highest BCUT2D eigenvalue weighted by atomic mass is 35.5. The number of allylic oxidation sites excluding steroid dienone is 4. The van der Waals surface area contributed by atoms with E-state index in [2.05, 4.69) is 58.9 Å². The molecular formula is C51H61ClF3NO6S. The van der Waals surface area contributed by atoms with Gasteiger partial charge in [0.1, 0.15) is 11.9 Å². The number of carbonyl (C=O) groups is 2. The van der Waals surface area contributed by atoms with E-state index in [1.54, 1.807) is 16.2 Å². The van der Waals surface area contributed by atoms with Crippen LogP contribution in [0.3, 0.4) is 0 Å². The van der Waals surface area contributed by atoms with Crippen molar-refractivity contribution >= 4 is 34.8 Å². The van der Waals surface area contributed by atoms with Crippen molar-refractivity contribution in [3.8, 4) is 11.3 Å². The molecule has 7 aliphatic carbocycles. The zero-order chi connectivity index (χ0) is 44.9. The lowest BCUT2D eigenvalue weighted by Gasteiger charge is -2.71. The number of aliphatic hydroxyl groups excluding tert-OH is 1. The average Bonchev–Trinajstić information content (AvgIpc) is 3.99. The fraction of sp³-hybridized carbons (Fsp3) is 0.608. The lowest BCUT2D eigenvalue weighted by atomic mass is 9.32. The van der Waals surface area contributed by atoms with Crippen LogP contribution in [-0.4, -0.2) is 57.9 Å². The van der Waals surface area contributed by atoms with Gasteiger partial charge in [-0.15, -0.1) is 11.3 Å². The molecule has 63 heavy (non-hydrogen) atoms. The van der Waals surface area contributed by atoms with Gasteiger partial charge in [-0.25, -0.2) is 4.79 Å². The Morgan fingerprint density at radius 3 is 2.48 bits per heavy atom. The van der Waals surface area contributed by atoms with E-state index in [1.807, 2.05) is 11.4 Å². The molecule has 1 amide bonds. The summed E-state index contributed by atoms with van der Waals surface area (Å²) in [7, 11) is 0. The topological polar surface area (TPSA) is 100 Å². The molecule has 0 radical (unpaired) electrons. The van der Waals surface area contributed by atoms with Gasteiger partial charge in [-0.1, -0.05) is 76.9 Å². The van der Waals surface area contributed by atoms with Crippen LogP contribution < -0.4 is 0 Å². The van der Waals surface area contributed by atoms with Crippen LogP contribution in [0.15, 0.2) is 76.1 Å². The van der Waals surface area contributed by atoms with Gasteiger partial charge < -0.3 is 24.3 Å². The Morgan fingerprint density at radius 1 is 1.00 bits per heavy atom. The third kappa shape index (κ3) is 7.19. The molecule has 4 fully saturated rings.